The minimum Gasteiger partial charge on any atom is -0.493 e. The Kier molecular flexibility index (Phi) is 5.56. The number of rotatable bonds is 6. The molecule has 0 fully saturated rings. The van der Waals surface area contributed by atoms with E-state index in [9.17, 15) is 4.79 Å². The molecule has 1 atom stereocenters. The zero-order valence-electron chi connectivity index (χ0n) is 15.4. The Morgan fingerprint density at radius 2 is 1.85 bits per heavy atom. The maximum absolute atomic E-state index is 12.3. The first-order valence-corrected chi connectivity index (χ1v) is 8.84. The first-order valence-electron chi connectivity index (χ1n) is 8.84. The molecule has 0 unspecified atom stereocenters. The molecule has 0 saturated heterocycles. The van der Waals surface area contributed by atoms with Crippen LogP contribution in [0.25, 0.3) is 0 Å². The maximum atomic E-state index is 12.3. The van der Waals surface area contributed by atoms with Crippen LogP contribution in [-0.2, 0) is 17.6 Å². The number of carbonyl (C=O) groups excluding carboxylic acids is 1. The van der Waals surface area contributed by atoms with Gasteiger partial charge in [0, 0.05) is 0 Å². The average Bonchev–Trinajstić information content (AvgIpc) is 3.13. The molecule has 3 rings (SSSR count). The number of hydrazone groups is 1. The molecular formula is C21H24N2O3. The second kappa shape index (κ2) is 8.04. The van der Waals surface area contributed by atoms with Crippen molar-refractivity contribution in [2.75, 3.05) is 7.11 Å². The average molecular weight is 352 g/mol. The highest BCUT2D eigenvalue weighted by molar-refractivity contribution is 5.99. The topological polar surface area (TPSA) is 59.9 Å². The number of ether oxygens (including phenoxy) is 2. The van der Waals surface area contributed by atoms with Crippen LogP contribution in [0.5, 0.6) is 11.5 Å². The van der Waals surface area contributed by atoms with Crippen LogP contribution in [0, 0.1) is 0 Å². The minimum atomic E-state index is -0.692. The molecule has 5 heteroatoms. The second-order valence-electron chi connectivity index (χ2n) is 6.42. The molecule has 1 N–H and O–H groups in total. The summed E-state index contributed by atoms with van der Waals surface area (Å²) in [4.78, 5) is 12.3. The SMILES string of the molecule is COc1ccccc1O[C@@H](C)C(=O)NN=C(C)c1ccc2c(c1)CCC2. The number of carbonyl (C=O) groups is 1. The maximum Gasteiger partial charge on any atom is 0.280 e. The molecule has 0 bridgehead atoms. The minimum absolute atomic E-state index is 0.309. The molecule has 1 amide bonds. The van der Waals surface area contributed by atoms with E-state index in [1.807, 2.05) is 19.1 Å². The first kappa shape index (κ1) is 18.0. The molecule has 0 spiro atoms. The van der Waals surface area contributed by atoms with Crippen LogP contribution in [0.3, 0.4) is 0 Å². The number of methoxy groups -OCH3 is 1. The van der Waals surface area contributed by atoms with Crippen LogP contribution in [0.1, 0.15) is 37.0 Å². The number of hydrogen-bond acceptors (Lipinski definition) is 4. The summed E-state index contributed by atoms with van der Waals surface area (Å²) in [6.07, 6.45) is 2.79. The van der Waals surface area contributed by atoms with Crippen molar-refractivity contribution in [2.24, 2.45) is 5.10 Å². The molecule has 0 aromatic heterocycles. The molecule has 5 nitrogen and oxygen atoms in total. The molecule has 136 valence electrons. The van der Waals surface area contributed by atoms with Crippen LogP contribution in [0.4, 0.5) is 0 Å². The standard InChI is InChI=1S/C21H24N2O3/c1-14(17-12-11-16-7-6-8-18(16)13-17)22-23-21(24)15(2)26-20-10-5-4-9-19(20)25-3/h4-5,9-13,15H,6-8H2,1-3H3,(H,23,24)/t15-/m0/s1. The molecule has 0 saturated carbocycles. The van der Waals surface area contributed by atoms with Crippen molar-refractivity contribution in [3.63, 3.8) is 0 Å². The van der Waals surface area contributed by atoms with Gasteiger partial charge < -0.3 is 9.47 Å². The zero-order chi connectivity index (χ0) is 18.5. The van der Waals surface area contributed by atoms with Gasteiger partial charge in [-0.05, 0) is 68.0 Å². The fourth-order valence-electron chi connectivity index (χ4n) is 3.05. The van der Waals surface area contributed by atoms with Crippen molar-refractivity contribution in [3.8, 4) is 11.5 Å². The molecule has 2 aromatic carbocycles. The van der Waals surface area contributed by atoms with Crippen molar-refractivity contribution in [1.29, 1.82) is 0 Å². The Labute approximate surface area is 154 Å². The van der Waals surface area contributed by atoms with Gasteiger partial charge in [-0.2, -0.15) is 5.10 Å². The fourth-order valence-corrected chi connectivity index (χ4v) is 3.05. The van der Waals surface area contributed by atoms with Gasteiger partial charge in [0.05, 0.1) is 12.8 Å². The smallest absolute Gasteiger partial charge is 0.280 e. The number of nitrogens with one attached hydrogen (secondary N) is 1. The van der Waals surface area contributed by atoms with E-state index in [1.54, 1.807) is 26.2 Å². The van der Waals surface area contributed by atoms with Crippen molar-refractivity contribution in [2.45, 2.75) is 39.2 Å². The Morgan fingerprint density at radius 1 is 1.12 bits per heavy atom. The molecule has 0 heterocycles. The van der Waals surface area contributed by atoms with E-state index in [4.69, 9.17) is 9.47 Å². The van der Waals surface area contributed by atoms with E-state index in [0.717, 1.165) is 24.1 Å². The summed E-state index contributed by atoms with van der Waals surface area (Å²) in [5.74, 6) is 0.804. The highest BCUT2D eigenvalue weighted by Crippen LogP contribution is 2.27. The lowest BCUT2D eigenvalue weighted by molar-refractivity contribution is -0.127. The van der Waals surface area contributed by atoms with Crippen LogP contribution in [0.2, 0.25) is 0 Å². The van der Waals surface area contributed by atoms with Crippen molar-refractivity contribution in [1.82, 2.24) is 5.43 Å². The summed E-state index contributed by atoms with van der Waals surface area (Å²) >= 11 is 0. The van der Waals surface area contributed by atoms with Crippen LogP contribution in [-0.4, -0.2) is 24.8 Å². The largest absolute Gasteiger partial charge is 0.493 e. The molecule has 26 heavy (non-hydrogen) atoms. The zero-order valence-corrected chi connectivity index (χ0v) is 15.4. The predicted octanol–water partition coefficient (Wildman–Crippen LogP) is 3.49. The number of fused-ring (bicyclic) bond motifs is 1. The van der Waals surface area contributed by atoms with Gasteiger partial charge in [0.1, 0.15) is 0 Å². The Morgan fingerprint density at radius 3 is 2.62 bits per heavy atom. The van der Waals surface area contributed by atoms with Gasteiger partial charge in [-0.25, -0.2) is 5.43 Å². The van der Waals surface area contributed by atoms with Gasteiger partial charge in [-0.3, -0.25) is 4.79 Å². The molecule has 1 aliphatic carbocycles. The molecule has 2 aromatic rings. The van der Waals surface area contributed by atoms with Gasteiger partial charge in [0.25, 0.3) is 5.91 Å². The highest BCUT2D eigenvalue weighted by atomic mass is 16.5. The summed E-state index contributed by atoms with van der Waals surface area (Å²) in [6, 6.07) is 13.6. The lowest BCUT2D eigenvalue weighted by Crippen LogP contribution is -2.34. The summed E-state index contributed by atoms with van der Waals surface area (Å²) in [6.45, 7) is 3.57. The normalized spacial score (nSPS) is 14.5. The van der Waals surface area contributed by atoms with E-state index in [2.05, 4.69) is 28.7 Å². The van der Waals surface area contributed by atoms with Crippen LogP contribution >= 0.6 is 0 Å². The van der Waals surface area contributed by atoms with E-state index >= 15 is 0 Å². The molecule has 1 aliphatic rings. The van der Waals surface area contributed by atoms with Crippen molar-refractivity contribution < 1.29 is 14.3 Å². The highest BCUT2D eigenvalue weighted by Gasteiger charge is 2.17. The number of aryl methyl sites for hydroxylation is 2. The fraction of sp³-hybridized carbons (Fsp3) is 0.333. The molecule has 0 aliphatic heterocycles. The Hall–Kier alpha value is -2.82. The van der Waals surface area contributed by atoms with Crippen molar-refractivity contribution >= 4 is 11.6 Å². The summed E-state index contributed by atoms with van der Waals surface area (Å²) in [5, 5.41) is 4.23. The number of para-hydroxylation sites is 2. The van der Waals surface area contributed by atoms with Gasteiger partial charge in [0.15, 0.2) is 17.6 Å². The monoisotopic (exact) mass is 352 g/mol. The van der Waals surface area contributed by atoms with Crippen LogP contribution < -0.4 is 14.9 Å². The summed E-state index contributed by atoms with van der Waals surface area (Å²) < 4.78 is 10.9. The van der Waals surface area contributed by atoms with Crippen LogP contribution in [0.15, 0.2) is 47.6 Å². The van der Waals surface area contributed by atoms with Crippen molar-refractivity contribution in [3.05, 3.63) is 59.2 Å². The van der Waals surface area contributed by atoms with Gasteiger partial charge in [-0.15, -0.1) is 0 Å². The Bertz CT molecular complexity index is 830. The molecular weight excluding hydrogens is 328 g/mol. The number of hydrogen-bond donors (Lipinski definition) is 1. The third-order valence-electron chi connectivity index (χ3n) is 4.59. The van der Waals surface area contributed by atoms with Gasteiger partial charge >= 0.3 is 0 Å². The lowest BCUT2D eigenvalue weighted by atomic mass is 10.0. The predicted molar refractivity (Wildman–Crippen MR) is 102 cm³/mol. The molecule has 0 radical (unpaired) electrons. The van der Waals surface area contributed by atoms with E-state index < -0.39 is 6.10 Å². The lowest BCUT2D eigenvalue weighted by Gasteiger charge is -2.15. The quantitative estimate of drug-likeness (QED) is 0.639. The number of nitrogens with zero attached hydrogens (tertiary/aromatic N) is 1. The van der Waals surface area contributed by atoms with E-state index in [-0.39, 0.29) is 5.91 Å². The van der Waals surface area contributed by atoms with Gasteiger partial charge in [-0.1, -0.05) is 24.3 Å². The second-order valence-corrected chi connectivity index (χ2v) is 6.42. The van der Waals surface area contributed by atoms with E-state index in [1.165, 1.54) is 17.5 Å². The van der Waals surface area contributed by atoms with Gasteiger partial charge in [0.2, 0.25) is 0 Å². The number of amides is 1. The third kappa shape index (κ3) is 4.04. The third-order valence-corrected chi connectivity index (χ3v) is 4.59. The first-order chi connectivity index (χ1) is 12.6. The summed E-state index contributed by atoms with van der Waals surface area (Å²) in [7, 11) is 1.57. The van der Waals surface area contributed by atoms with E-state index in [0.29, 0.717) is 11.5 Å². The summed E-state index contributed by atoms with van der Waals surface area (Å²) in [5.41, 5.74) is 7.20. The Balaban J connectivity index is 1.62. The number of benzene rings is 2.